The zero-order valence-electron chi connectivity index (χ0n) is 10.6. The van der Waals surface area contributed by atoms with Crippen molar-refractivity contribution in [3.05, 3.63) is 35.4 Å². The van der Waals surface area contributed by atoms with Crippen LogP contribution in [-0.4, -0.2) is 11.9 Å². The topological polar surface area (TPSA) is 12.0 Å². The van der Waals surface area contributed by atoms with Gasteiger partial charge in [-0.05, 0) is 56.2 Å². The predicted molar refractivity (Wildman–Crippen MR) is 74.5 cm³/mol. The maximum atomic E-state index is 6.11. The molecule has 17 heavy (non-hydrogen) atoms. The molecule has 0 spiro atoms. The zero-order chi connectivity index (χ0) is 12.1. The fraction of sp³-hybridized carbons (Fsp3) is 0.600. The molecule has 0 aliphatic heterocycles. The lowest BCUT2D eigenvalue weighted by Crippen LogP contribution is -2.26. The van der Waals surface area contributed by atoms with Gasteiger partial charge >= 0.3 is 0 Å². The van der Waals surface area contributed by atoms with Crippen LogP contribution in [0, 0.1) is 12.8 Å². The number of halogens is 1. The lowest BCUT2D eigenvalue weighted by molar-refractivity contribution is 0.345. The molecule has 1 aliphatic carbocycles. The molecule has 0 atom stereocenters. The first-order chi connectivity index (χ1) is 8.25. The standard InChI is InChI=1S/C15H22ClN/c1-12-4-2-3-5-14(12)11-17-10-13-6-8-15(16)9-7-13/h2-5,13,15,17H,6-11H2,1H3. The van der Waals surface area contributed by atoms with E-state index in [9.17, 15) is 0 Å². The van der Waals surface area contributed by atoms with E-state index in [1.54, 1.807) is 0 Å². The van der Waals surface area contributed by atoms with Gasteiger partial charge in [-0.15, -0.1) is 11.6 Å². The van der Waals surface area contributed by atoms with Crippen LogP contribution in [0.25, 0.3) is 0 Å². The first-order valence-electron chi connectivity index (χ1n) is 6.65. The Balaban J connectivity index is 1.71. The molecule has 1 N–H and O–H groups in total. The molecule has 0 amide bonds. The SMILES string of the molecule is Cc1ccccc1CNCC1CCC(Cl)CC1. The van der Waals surface area contributed by atoms with E-state index >= 15 is 0 Å². The summed E-state index contributed by atoms with van der Waals surface area (Å²) in [6.07, 6.45) is 4.96. The molecule has 94 valence electrons. The largest absolute Gasteiger partial charge is 0.312 e. The van der Waals surface area contributed by atoms with Crippen LogP contribution in [0.4, 0.5) is 0 Å². The molecule has 1 nitrogen and oxygen atoms in total. The lowest BCUT2D eigenvalue weighted by atomic mass is 9.89. The minimum absolute atomic E-state index is 0.433. The van der Waals surface area contributed by atoms with Gasteiger partial charge in [-0.2, -0.15) is 0 Å². The molecule has 0 saturated heterocycles. The average Bonchev–Trinajstić information content (AvgIpc) is 2.34. The van der Waals surface area contributed by atoms with Gasteiger partial charge in [0.2, 0.25) is 0 Å². The summed E-state index contributed by atoms with van der Waals surface area (Å²) in [4.78, 5) is 0. The summed E-state index contributed by atoms with van der Waals surface area (Å²) in [5.74, 6) is 0.828. The number of alkyl halides is 1. The van der Waals surface area contributed by atoms with Crippen molar-refractivity contribution in [1.82, 2.24) is 5.32 Å². The Morgan fingerprint density at radius 2 is 1.88 bits per heavy atom. The van der Waals surface area contributed by atoms with E-state index in [4.69, 9.17) is 11.6 Å². The highest BCUT2D eigenvalue weighted by Crippen LogP contribution is 2.27. The number of aryl methyl sites for hydroxylation is 1. The van der Waals surface area contributed by atoms with Gasteiger partial charge in [-0.3, -0.25) is 0 Å². The smallest absolute Gasteiger partial charge is 0.0336 e. The third-order valence-electron chi connectivity index (χ3n) is 3.79. The Morgan fingerprint density at radius 3 is 2.59 bits per heavy atom. The summed E-state index contributed by atoms with van der Waals surface area (Å²) in [5, 5.41) is 4.02. The fourth-order valence-electron chi connectivity index (χ4n) is 2.55. The Bertz CT molecular complexity index is 343. The van der Waals surface area contributed by atoms with E-state index in [0.717, 1.165) is 19.0 Å². The second kappa shape index (κ2) is 6.42. The van der Waals surface area contributed by atoms with Gasteiger partial charge in [-0.1, -0.05) is 24.3 Å². The van der Waals surface area contributed by atoms with E-state index in [1.165, 1.54) is 36.8 Å². The van der Waals surface area contributed by atoms with Crippen LogP contribution < -0.4 is 5.32 Å². The molecule has 0 radical (unpaired) electrons. The van der Waals surface area contributed by atoms with Crippen molar-refractivity contribution in [1.29, 1.82) is 0 Å². The summed E-state index contributed by atoms with van der Waals surface area (Å²) in [6.45, 7) is 4.31. The minimum atomic E-state index is 0.433. The maximum absolute atomic E-state index is 6.11. The number of benzene rings is 1. The van der Waals surface area contributed by atoms with Crippen LogP contribution in [0.5, 0.6) is 0 Å². The molecule has 1 aliphatic rings. The summed E-state index contributed by atoms with van der Waals surface area (Å²) < 4.78 is 0. The molecule has 1 saturated carbocycles. The molecule has 2 rings (SSSR count). The van der Waals surface area contributed by atoms with Crippen LogP contribution >= 0.6 is 11.6 Å². The zero-order valence-corrected chi connectivity index (χ0v) is 11.3. The second-order valence-corrected chi connectivity index (χ2v) is 5.79. The molecular formula is C15H22ClN. The van der Waals surface area contributed by atoms with Gasteiger partial charge in [0.1, 0.15) is 0 Å². The normalized spacial score (nSPS) is 24.8. The molecule has 1 aromatic carbocycles. The van der Waals surface area contributed by atoms with E-state index in [-0.39, 0.29) is 0 Å². The van der Waals surface area contributed by atoms with Crippen molar-refractivity contribution in [2.24, 2.45) is 5.92 Å². The number of nitrogens with one attached hydrogen (secondary N) is 1. The molecule has 0 bridgehead atoms. The molecular weight excluding hydrogens is 230 g/mol. The van der Waals surface area contributed by atoms with Crippen LogP contribution in [-0.2, 0) is 6.54 Å². The van der Waals surface area contributed by atoms with Crippen molar-refractivity contribution in [2.75, 3.05) is 6.54 Å². The second-order valence-electron chi connectivity index (χ2n) is 5.18. The third kappa shape index (κ3) is 4.01. The highest BCUT2D eigenvalue weighted by molar-refractivity contribution is 6.20. The van der Waals surface area contributed by atoms with Crippen molar-refractivity contribution in [3.63, 3.8) is 0 Å². The Labute approximate surface area is 110 Å². The minimum Gasteiger partial charge on any atom is -0.312 e. The number of rotatable bonds is 4. The molecule has 1 aromatic rings. The quantitative estimate of drug-likeness (QED) is 0.801. The van der Waals surface area contributed by atoms with Crippen LogP contribution in [0.3, 0.4) is 0 Å². The summed E-state index contributed by atoms with van der Waals surface area (Å²) in [5.41, 5.74) is 2.79. The Morgan fingerprint density at radius 1 is 1.18 bits per heavy atom. The molecule has 0 aromatic heterocycles. The van der Waals surface area contributed by atoms with E-state index < -0.39 is 0 Å². The average molecular weight is 252 g/mol. The third-order valence-corrected chi connectivity index (χ3v) is 4.22. The van der Waals surface area contributed by atoms with Crippen molar-refractivity contribution < 1.29 is 0 Å². The van der Waals surface area contributed by atoms with E-state index in [0.29, 0.717) is 5.38 Å². The summed E-state index contributed by atoms with van der Waals surface area (Å²) >= 11 is 6.11. The summed E-state index contributed by atoms with van der Waals surface area (Å²) in [7, 11) is 0. The van der Waals surface area contributed by atoms with Gasteiger partial charge < -0.3 is 5.32 Å². The molecule has 0 unspecified atom stereocenters. The van der Waals surface area contributed by atoms with Crippen LogP contribution in [0.15, 0.2) is 24.3 Å². The van der Waals surface area contributed by atoms with Gasteiger partial charge in [-0.25, -0.2) is 0 Å². The Hall–Kier alpha value is -0.530. The molecule has 0 heterocycles. The van der Waals surface area contributed by atoms with Gasteiger partial charge in [0, 0.05) is 11.9 Å². The molecule has 1 fully saturated rings. The van der Waals surface area contributed by atoms with Crippen LogP contribution in [0.1, 0.15) is 36.8 Å². The van der Waals surface area contributed by atoms with E-state index in [1.807, 2.05) is 0 Å². The fourth-order valence-corrected chi connectivity index (χ4v) is 2.80. The number of hydrogen-bond donors (Lipinski definition) is 1. The van der Waals surface area contributed by atoms with Crippen molar-refractivity contribution >= 4 is 11.6 Å². The lowest BCUT2D eigenvalue weighted by Gasteiger charge is -2.25. The number of hydrogen-bond acceptors (Lipinski definition) is 1. The van der Waals surface area contributed by atoms with Crippen molar-refractivity contribution in [3.8, 4) is 0 Å². The van der Waals surface area contributed by atoms with Gasteiger partial charge in [0.05, 0.1) is 0 Å². The Kier molecular flexibility index (Phi) is 4.87. The first-order valence-corrected chi connectivity index (χ1v) is 7.08. The van der Waals surface area contributed by atoms with E-state index in [2.05, 4.69) is 36.5 Å². The molecule has 2 heteroatoms. The summed E-state index contributed by atoms with van der Waals surface area (Å²) in [6, 6.07) is 8.59. The first kappa shape index (κ1) is 12.9. The van der Waals surface area contributed by atoms with Gasteiger partial charge in [0.25, 0.3) is 0 Å². The monoisotopic (exact) mass is 251 g/mol. The van der Waals surface area contributed by atoms with Crippen molar-refractivity contribution in [2.45, 2.75) is 44.5 Å². The van der Waals surface area contributed by atoms with Crippen LogP contribution in [0.2, 0.25) is 0 Å². The van der Waals surface area contributed by atoms with Gasteiger partial charge in [0.15, 0.2) is 0 Å². The highest BCUT2D eigenvalue weighted by atomic mass is 35.5. The maximum Gasteiger partial charge on any atom is 0.0336 e. The highest BCUT2D eigenvalue weighted by Gasteiger charge is 2.18. The predicted octanol–water partition coefficient (Wildman–Crippen LogP) is 3.88.